The summed E-state index contributed by atoms with van der Waals surface area (Å²) in [5.41, 5.74) is 1.11. The molecule has 0 fully saturated rings. The lowest BCUT2D eigenvalue weighted by Gasteiger charge is -2.19. The zero-order valence-corrected chi connectivity index (χ0v) is 16.3. The monoisotopic (exact) mass is 399 g/mol. The Hall–Kier alpha value is -1.37. The van der Waals surface area contributed by atoms with Gasteiger partial charge < -0.3 is 5.32 Å². The number of aromatic nitrogens is 2. The molecule has 3 rings (SSSR count). The third-order valence-corrected chi connectivity index (χ3v) is 6.23. The van der Waals surface area contributed by atoms with Gasteiger partial charge in [-0.05, 0) is 30.5 Å². The van der Waals surface area contributed by atoms with E-state index in [4.69, 9.17) is 23.2 Å². The quantitative estimate of drug-likeness (QED) is 0.787. The van der Waals surface area contributed by atoms with Gasteiger partial charge in [0.05, 0.1) is 22.6 Å². The summed E-state index contributed by atoms with van der Waals surface area (Å²) in [6.45, 7) is 4.11. The van der Waals surface area contributed by atoms with Crippen LogP contribution in [-0.2, 0) is 4.79 Å². The molecule has 2 heterocycles. The van der Waals surface area contributed by atoms with E-state index in [-0.39, 0.29) is 28.5 Å². The van der Waals surface area contributed by atoms with E-state index in [1.165, 1.54) is 11.8 Å². The number of hydrogen-bond donors (Lipinski definition) is 2. The van der Waals surface area contributed by atoms with E-state index >= 15 is 0 Å². The SMILES string of the molecule is CCC(CC)n1[nH]c(=O)c2c1NC(=O)CS[C@@H]2c1ccc(Cl)cc1Cl. The van der Waals surface area contributed by atoms with Crippen molar-refractivity contribution in [3.05, 3.63) is 49.7 Å². The number of rotatable bonds is 4. The van der Waals surface area contributed by atoms with Crippen LogP contribution in [0.2, 0.25) is 10.0 Å². The molecule has 0 saturated heterocycles. The fourth-order valence-electron chi connectivity index (χ4n) is 3.13. The average molecular weight is 400 g/mol. The molecule has 0 saturated carbocycles. The number of H-pyrrole nitrogens is 1. The van der Waals surface area contributed by atoms with Crippen LogP contribution in [0.3, 0.4) is 0 Å². The first-order valence-corrected chi connectivity index (χ1v) is 9.97. The lowest BCUT2D eigenvalue weighted by molar-refractivity contribution is -0.113. The molecule has 0 aliphatic carbocycles. The van der Waals surface area contributed by atoms with Gasteiger partial charge in [-0.15, -0.1) is 11.8 Å². The van der Waals surface area contributed by atoms with E-state index in [1.807, 2.05) is 6.07 Å². The highest BCUT2D eigenvalue weighted by molar-refractivity contribution is 8.00. The molecule has 1 atom stereocenters. The molecule has 1 aromatic heterocycles. The molecule has 8 heteroatoms. The minimum absolute atomic E-state index is 0.112. The summed E-state index contributed by atoms with van der Waals surface area (Å²) < 4.78 is 1.79. The Balaban J connectivity index is 2.19. The van der Waals surface area contributed by atoms with Gasteiger partial charge in [0, 0.05) is 10.0 Å². The van der Waals surface area contributed by atoms with Crippen molar-refractivity contribution in [3.8, 4) is 0 Å². The van der Waals surface area contributed by atoms with Crippen molar-refractivity contribution >= 4 is 46.7 Å². The fraction of sp³-hybridized carbons (Fsp3) is 0.412. The van der Waals surface area contributed by atoms with E-state index in [1.54, 1.807) is 16.8 Å². The fourth-order valence-corrected chi connectivity index (χ4v) is 4.87. The summed E-state index contributed by atoms with van der Waals surface area (Å²) in [5, 5.41) is 6.48. The number of halogens is 2. The van der Waals surface area contributed by atoms with Crippen LogP contribution in [0.25, 0.3) is 0 Å². The standard InChI is InChI=1S/C17H19Cl2N3O2S/c1-3-10(4-2)22-16-14(17(24)21-22)15(25-8-13(23)20-16)11-6-5-9(18)7-12(11)19/h5-7,10,15H,3-4,8H2,1-2H3,(H,20,23)(H,21,24)/t15-/m1/s1. The summed E-state index contributed by atoms with van der Waals surface area (Å²) in [5.74, 6) is 0.669. The van der Waals surface area contributed by atoms with E-state index in [2.05, 4.69) is 24.3 Å². The molecule has 0 spiro atoms. The molecular weight excluding hydrogens is 381 g/mol. The van der Waals surface area contributed by atoms with Crippen molar-refractivity contribution in [1.82, 2.24) is 9.78 Å². The molecule has 2 aromatic rings. The highest BCUT2D eigenvalue weighted by Crippen LogP contribution is 2.43. The summed E-state index contributed by atoms with van der Waals surface area (Å²) >= 11 is 13.8. The number of carbonyl (C=O) groups excluding carboxylic acids is 1. The second kappa shape index (κ2) is 7.48. The number of amides is 1. The van der Waals surface area contributed by atoms with E-state index in [9.17, 15) is 9.59 Å². The van der Waals surface area contributed by atoms with E-state index in [0.717, 1.165) is 18.4 Å². The summed E-state index contributed by atoms with van der Waals surface area (Å²) in [7, 11) is 0. The summed E-state index contributed by atoms with van der Waals surface area (Å²) in [6.07, 6.45) is 1.70. The normalized spacial score (nSPS) is 17.3. The number of benzene rings is 1. The number of hydrogen-bond acceptors (Lipinski definition) is 3. The van der Waals surface area contributed by atoms with E-state index in [0.29, 0.717) is 21.4 Å². The second-order valence-electron chi connectivity index (χ2n) is 5.95. The highest BCUT2D eigenvalue weighted by Gasteiger charge is 2.32. The third-order valence-electron chi connectivity index (χ3n) is 4.42. The largest absolute Gasteiger partial charge is 0.310 e. The Labute approximate surface area is 160 Å². The molecular formula is C17H19Cl2N3O2S. The topological polar surface area (TPSA) is 66.9 Å². The summed E-state index contributed by atoms with van der Waals surface area (Å²) in [4.78, 5) is 24.9. The smallest absolute Gasteiger partial charge is 0.270 e. The van der Waals surface area contributed by atoms with Crippen LogP contribution >= 0.6 is 35.0 Å². The van der Waals surface area contributed by atoms with Gasteiger partial charge >= 0.3 is 0 Å². The Morgan fingerprint density at radius 1 is 1.28 bits per heavy atom. The molecule has 0 bridgehead atoms. The molecule has 1 aromatic carbocycles. The van der Waals surface area contributed by atoms with Gasteiger partial charge in [0.2, 0.25) is 5.91 Å². The third kappa shape index (κ3) is 3.48. The lowest BCUT2D eigenvalue weighted by atomic mass is 10.1. The van der Waals surface area contributed by atoms with Crippen molar-refractivity contribution < 1.29 is 4.79 Å². The maximum Gasteiger partial charge on any atom is 0.270 e. The maximum atomic E-state index is 12.7. The molecule has 0 radical (unpaired) electrons. The van der Waals surface area contributed by atoms with Crippen molar-refractivity contribution in [1.29, 1.82) is 0 Å². The van der Waals surface area contributed by atoms with Gasteiger partial charge in [0.1, 0.15) is 5.82 Å². The van der Waals surface area contributed by atoms with Crippen LogP contribution < -0.4 is 10.9 Å². The first-order chi connectivity index (χ1) is 12.0. The Kier molecular flexibility index (Phi) is 5.51. The molecule has 5 nitrogen and oxygen atoms in total. The van der Waals surface area contributed by atoms with Gasteiger partial charge in [-0.2, -0.15) is 0 Å². The minimum Gasteiger partial charge on any atom is -0.310 e. The van der Waals surface area contributed by atoms with Crippen LogP contribution in [0, 0.1) is 0 Å². The van der Waals surface area contributed by atoms with Gasteiger partial charge in [-0.3, -0.25) is 19.4 Å². The molecule has 1 amide bonds. The van der Waals surface area contributed by atoms with Gasteiger partial charge in [-0.25, -0.2) is 0 Å². The number of anilines is 1. The molecule has 134 valence electrons. The Morgan fingerprint density at radius 3 is 2.64 bits per heavy atom. The number of carbonyl (C=O) groups is 1. The lowest BCUT2D eigenvalue weighted by Crippen LogP contribution is -2.19. The van der Waals surface area contributed by atoms with Crippen molar-refractivity contribution in [2.24, 2.45) is 0 Å². The molecule has 2 N–H and O–H groups in total. The van der Waals surface area contributed by atoms with Gasteiger partial charge in [0.25, 0.3) is 5.56 Å². The first kappa shape index (κ1) is 18.4. The zero-order chi connectivity index (χ0) is 18.1. The second-order valence-corrected chi connectivity index (χ2v) is 7.89. The predicted octanol–water partition coefficient (Wildman–Crippen LogP) is 4.62. The van der Waals surface area contributed by atoms with Crippen molar-refractivity contribution in [2.45, 2.75) is 38.0 Å². The summed E-state index contributed by atoms with van der Waals surface area (Å²) in [6, 6.07) is 5.33. The highest BCUT2D eigenvalue weighted by atomic mass is 35.5. The number of nitrogens with one attached hydrogen (secondary N) is 2. The predicted molar refractivity (Wildman–Crippen MR) is 104 cm³/mol. The Morgan fingerprint density at radius 2 is 2.00 bits per heavy atom. The molecule has 25 heavy (non-hydrogen) atoms. The number of aromatic amines is 1. The van der Waals surface area contributed by atoms with Crippen LogP contribution in [-0.4, -0.2) is 21.4 Å². The zero-order valence-electron chi connectivity index (χ0n) is 13.9. The van der Waals surface area contributed by atoms with Gasteiger partial charge in [0.15, 0.2) is 0 Å². The first-order valence-electron chi connectivity index (χ1n) is 8.17. The van der Waals surface area contributed by atoms with Crippen LogP contribution in [0.5, 0.6) is 0 Å². The number of fused-ring (bicyclic) bond motifs is 1. The van der Waals surface area contributed by atoms with E-state index < -0.39 is 0 Å². The van der Waals surface area contributed by atoms with Crippen LogP contribution in [0.15, 0.2) is 23.0 Å². The average Bonchev–Trinajstić information content (AvgIpc) is 2.76. The van der Waals surface area contributed by atoms with Crippen molar-refractivity contribution in [3.63, 3.8) is 0 Å². The van der Waals surface area contributed by atoms with Crippen molar-refractivity contribution in [2.75, 3.05) is 11.1 Å². The van der Waals surface area contributed by atoms with Crippen LogP contribution in [0.4, 0.5) is 5.82 Å². The minimum atomic E-state index is -0.335. The molecule has 1 aliphatic heterocycles. The number of thioether (sulfide) groups is 1. The molecule has 0 unspecified atom stereocenters. The number of nitrogens with zero attached hydrogens (tertiary/aromatic N) is 1. The maximum absolute atomic E-state index is 12.7. The molecule has 1 aliphatic rings. The van der Waals surface area contributed by atoms with Crippen LogP contribution in [0.1, 0.15) is 49.1 Å². The Bertz CT molecular complexity index is 858. The van der Waals surface area contributed by atoms with Gasteiger partial charge in [-0.1, -0.05) is 43.1 Å².